The molecule has 7 heteroatoms. The van der Waals surface area contributed by atoms with Crippen LogP contribution in [0.3, 0.4) is 0 Å². The summed E-state index contributed by atoms with van der Waals surface area (Å²) in [5.74, 6) is -1.08. The molecule has 1 heterocycles. The van der Waals surface area contributed by atoms with Crippen LogP contribution in [-0.2, 0) is 14.8 Å². The molecule has 0 amide bonds. The number of hydrogen-bond donors (Lipinski definition) is 2. The molecule has 0 fully saturated rings. The molecule has 0 aliphatic carbocycles. The van der Waals surface area contributed by atoms with E-state index >= 15 is 0 Å². The summed E-state index contributed by atoms with van der Waals surface area (Å²) in [5, 5.41) is 9.41. The molecule has 2 N–H and O–H groups in total. The highest BCUT2D eigenvalue weighted by atomic mass is 32.2. The Bertz CT molecular complexity index is 712. The summed E-state index contributed by atoms with van der Waals surface area (Å²) < 4.78 is 31.7. The van der Waals surface area contributed by atoms with Gasteiger partial charge < -0.3 is 9.52 Å². The number of benzene rings is 1. The molecule has 2 rings (SSSR count). The van der Waals surface area contributed by atoms with Crippen molar-refractivity contribution in [2.75, 3.05) is 6.54 Å². The number of para-hydroxylation sites is 1. The Morgan fingerprint density at radius 2 is 2.00 bits per heavy atom. The van der Waals surface area contributed by atoms with Crippen molar-refractivity contribution in [1.29, 1.82) is 0 Å². The Labute approximate surface area is 116 Å². The summed E-state index contributed by atoms with van der Waals surface area (Å²) in [4.78, 5) is 11.0. The van der Waals surface area contributed by atoms with Gasteiger partial charge in [-0.25, -0.2) is 13.1 Å². The number of hydrogen-bond acceptors (Lipinski definition) is 4. The number of furan rings is 1. The lowest BCUT2D eigenvalue weighted by Gasteiger charge is -2.18. The van der Waals surface area contributed by atoms with E-state index in [0.29, 0.717) is 11.0 Å². The Morgan fingerprint density at radius 1 is 1.35 bits per heavy atom. The maximum atomic E-state index is 12.1. The van der Waals surface area contributed by atoms with Crippen molar-refractivity contribution >= 4 is 27.0 Å². The molecule has 0 saturated carbocycles. The molecule has 0 saturated heterocycles. The van der Waals surface area contributed by atoms with E-state index in [9.17, 15) is 13.2 Å². The van der Waals surface area contributed by atoms with Crippen molar-refractivity contribution in [2.45, 2.75) is 18.9 Å². The molecule has 0 atom stereocenters. The first-order chi connectivity index (χ1) is 9.22. The van der Waals surface area contributed by atoms with Gasteiger partial charge in [0, 0.05) is 18.0 Å². The molecular weight excluding hydrogens is 282 g/mol. The van der Waals surface area contributed by atoms with Crippen LogP contribution in [0.5, 0.6) is 0 Å². The van der Waals surface area contributed by atoms with Crippen LogP contribution in [0.25, 0.3) is 11.0 Å². The van der Waals surface area contributed by atoms with Crippen LogP contribution in [0.4, 0.5) is 0 Å². The van der Waals surface area contributed by atoms with Crippen LogP contribution >= 0.6 is 0 Å². The summed E-state index contributed by atoms with van der Waals surface area (Å²) in [5.41, 5.74) is -0.732. The number of nitrogens with one attached hydrogen (secondary N) is 1. The number of sulfonamides is 1. The van der Waals surface area contributed by atoms with E-state index in [1.807, 2.05) is 0 Å². The summed E-state index contributed by atoms with van der Waals surface area (Å²) in [6.07, 6.45) is 0. The molecule has 1 aromatic carbocycles. The number of rotatable bonds is 5. The summed E-state index contributed by atoms with van der Waals surface area (Å²) in [6, 6.07) is 8.32. The van der Waals surface area contributed by atoms with Gasteiger partial charge in [0.1, 0.15) is 5.58 Å². The lowest BCUT2D eigenvalue weighted by atomic mass is 9.95. The average Bonchev–Trinajstić information content (AvgIpc) is 2.81. The second kappa shape index (κ2) is 4.92. The smallest absolute Gasteiger partial charge is 0.310 e. The number of carboxylic acid groups (broad SMARTS) is 1. The molecule has 0 aliphatic rings. The third kappa shape index (κ3) is 2.83. The zero-order chi connectivity index (χ0) is 15.0. The molecule has 0 unspecified atom stereocenters. The molecule has 2 aromatic rings. The third-order valence-corrected chi connectivity index (χ3v) is 4.21. The quantitative estimate of drug-likeness (QED) is 0.877. The predicted molar refractivity (Wildman–Crippen MR) is 72.8 cm³/mol. The van der Waals surface area contributed by atoms with E-state index in [1.165, 1.54) is 19.9 Å². The van der Waals surface area contributed by atoms with Gasteiger partial charge >= 0.3 is 5.97 Å². The lowest BCUT2D eigenvalue weighted by Crippen LogP contribution is -2.38. The zero-order valence-electron chi connectivity index (χ0n) is 11.1. The van der Waals surface area contributed by atoms with Crippen LogP contribution < -0.4 is 4.72 Å². The number of carboxylic acids is 1. The van der Waals surface area contributed by atoms with E-state index in [-0.39, 0.29) is 11.6 Å². The molecule has 1 aromatic heterocycles. The largest absolute Gasteiger partial charge is 0.481 e. The number of fused-ring (bicyclic) bond motifs is 1. The van der Waals surface area contributed by atoms with Crippen molar-refractivity contribution in [3.8, 4) is 0 Å². The van der Waals surface area contributed by atoms with E-state index in [1.54, 1.807) is 24.3 Å². The highest BCUT2D eigenvalue weighted by molar-refractivity contribution is 7.89. The fraction of sp³-hybridized carbons (Fsp3) is 0.308. The van der Waals surface area contributed by atoms with Crippen molar-refractivity contribution in [3.05, 3.63) is 30.3 Å². The molecule has 6 nitrogen and oxygen atoms in total. The fourth-order valence-electron chi connectivity index (χ4n) is 1.51. The molecule has 0 spiro atoms. The maximum absolute atomic E-state index is 12.1. The molecule has 0 radical (unpaired) electrons. The first-order valence-corrected chi connectivity index (χ1v) is 7.42. The van der Waals surface area contributed by atoms with E-state index < -0.39 is 21.4 Å². The predicted octanol–water partition coefficient (Wildman–Crippen LogP) is 1.82. The number of carbonyl (C=O) groups is 1. The SMILES string of the molecule is CC(C)(CNS(=O)(=O)c1cc2ccccc2o1)C(=O)O. The summed E-state index contributed by atoms with van der Waals surface area (Å²) in [6.45, 7) is 2.66. The standard InChI is InChI=1S/C13H15NO5S/c1-13(2,12(15)16)8-14-20(17,18)11-7-9-5-3-4-6-10(9)19-11/h3-7,14H,8H2,1-2H3,(H,15,16). The van der Waals surface area contributed by atoms with E-state index in [2.05, 4.69) is 4.72 Å². The minimum absolute atomic E-state index is 0.221. The molecule has 20 heavy (non-hydrogen) atoms. The van der Waals surface area contributed by atoms with E-state index in [4.69, 9.17) is 9.52 Å². The summed E-state index contributed by atoms with van der Waals surface area (Å²) in [7, 11) is -3.87. The third-order valence-electron chi connectivity index (χ3n) is 2.95. The highest BCUT2D eigenvalue weighted by Crippen LogP contribution is 2.23. The maximum Gasteiger partial charge on any atom is 0.310 e. The molecule has 0 aliphatic heterocycles. The van der Waals surface area contributed by atoms with Crippen LogP contribution in [0, 0.1) is 5.41 Å². The van der Waals surface area contributed by atoms with Gasteiger partial charge in [-0.2, -0.15) is 0 Å². The first kappa shape index (κ1) is 14.5. The van der Waals surface area contributed by atoms with Crippen LogP contribution in [0.2, 0.25) is 0 Å². The van der Waals surface area contributed by atoms with Gasteiger partial charge in [-0.3, -0.25) is 4.79 Å². The Balaban J connectivity index is 2.24. The van der Waals surface area contributed by atoms with Gasteiger partial charge in [0.2, 0.25) is 5.09 Å². The molecular formula is C13H15NO5S. The van der Waals surface area contributed by atoms with Crippen LogP contribution in [0.1, 0.15) is 13.8 Å². The van der Waals surface area contributed by atoms with Gasteiger partial charge in [0.05, 0.1) is 5.41 Å². The second-order valence-corrected chi connectivity index (χ2v) is 6.81. The van der Waals surface area contributed by atoms with Gasteiger partial charge in [-0.05, 0) is 19.9 Å². The lowest BCUT2D eigenvalue weighted by molar-refractivity contribution is -0.146. The fourth-order valence-corrected chi connectivity index (χ4v) is 2.69. The van der Waals surface area contributed by atoms with Crippen molar-refractivity contribution < 1.29 is 22.7 Å². The van der Waals surface area contributed by atoms with Crippen LogP contribution in [-0.4, -0.2) is 26.0 Å². The minimum Gasteiger partial charge on any atom is -0.481 e. The Hall–Kier alpha value is -1.86. The minimum atomic E-state index is -3.87. The van der Waals surface area contributed by atoms with Gasteiger partial charge in [0.25, 0.3) is 10.0 Å². The van der Waals surface area contributed by atoms with Crippen molar-refractivity contribution in [2.24, 2.45) is 5.41 Å². The first-order valence-electron chi connectivity index (χ1n) is 5.94. The van der Waals surface area contributed by atoms with Gasteiger partial charge in [-0.1, -0.05) is 18.2 Å². The van der Waals surface area contributed by atoms with Crippen molar-refractivity contribution in [1.82, 2.24) is 4.72 Å². The summed E-state index contributed by atoms with van der Waals surface area (Å²) >= 11 is 0. The van der Waals surface area contributed by atoms with Gasteiger partial charge in [-0.15, -0.1) is 0 Å². The van der Waals surface area contributed by atoms with Crippen LogP contribution in [0.15, 0.2) is 39.8 Å². The monoisotopic (exact) mass is 297 g/mol. The van der Waals surface area contributed by atoms with Crippen molar-refractivity contribution in [3.63, 3.8) is 0 Å². The Kier molecular flexibility index (Phi) is 3.58. The highest BCUT2D eigenvalue weighted by Gasteiger charge is 2.30. The Morgan fingerprint density at radius 3 is 2.60 bits per heavy atom. The van der Waals surface area contributed by atoms with Gasteiger partial charge in [0.15, 0.2) is 0 Å². The average molecular weight is 297 g/mol. The topological polar surface area (TPSA) is 96.6 Å². The second-order valence-electron chi connectivity index (χ2n) is 5.12. The zero-order valence-corrected chi connectivity index (χ0v) is 11.9. The normalized spacial score (nSPS) is 12.7. The molecule has 108 valence electrons. The van der Waals surface area contributed by atoms with E-state index in [0.717, 1.165) is 0 Å². The number of aliphatic carboxylic acids is 1. The molecule has 0 bridgehead atoms.